The Kier molecular flexibility index (Phi) is 4.22. The van der Waals surface area contributed by atoms with Crippen molar-refractivity contribution < 1.29 is 9.59 Å². The van der Waals surface area contributed by atoms with E-state index in [2.05, 4.69) is 12.2 Å². The van der Waals surface area contributed by atoms with Gasteiger partial charge in [0.15, 0.2) is 0 Å². The molecule has 5 heteroatoms. The zero-order chi connectivity index (χ0) is 13.1. The van der Waals surface area contributed by atoms with Gasteiger partial charge in [0.2, 0.25) is 11.8 Å². The van der Waals surface area contributed by atoms with E-state index in [1.807, 2.05) is 0 Å². The molecule has 3 unspecified atom stereocenters. The second kappa shape index (κ2) is 5.69. The minimum Gasteiger partial charge on any atom is -0.368 e. The molecule has 102 valence electrons. The molecule has 18 heavy (non-hydrogen) atoms. The summed E-state index contributed by atoms with van der Waals surface area (Å²) >= 11 is 0. The Bertz CT molecular complexity index is 332. The van der Waals surface area contributed by atoms with Crippen molar-refractivity contribution in [1.82, 2.24) is 10.2 Å². The van der Waals surface area contributed by atoms with Gasteiger partial charge in [0.1, 0.15) is 6.04 Å². The predicted molar refractivity (Wildman–Crippen MR) is 68.7 cm³/mol. The standard InChI is InChI=1S/C13H23N3O2/c1-2-9-5-6-15-10(8-9)13(18)16-7-3-4-11(16)12(14)17/h9-11,15H,2-8H2,1H3,(H2,14,17). The Morgan fingerprint density at radius 3 is 2.83 bits per heavy atom. The lowest BCUT2D eigenvalue weighted by Gasteiger charge is -2.33. The maximum atomic E-state index is 12.4. The zero-order valence-corrected chi connectivity index (χ0v) is 11.0. The molecule has 2 saturated heterocycles. The summed E-state index contributed by atoms with van der Waals surface area (Å²) in [4.78, 5) is 25.4. The van der Waals surface area contributed by atoms with Crippen LogP contribution < -0.4 is 11.1 Å². The Morgan fingerprint density at radius 1 is 1.39 bits per heavy atom. The molecular formula is C13H23N3O2. The third-order valence-electron chi connectivity index (χ3n) is 4.25. The van der Waals surface area contributed by atoms with Crippen molar-refractivity contribution in [3.8, 4) is 0 Å². The van der Waals surface area contributed by atoms with Crippen LogP contribution in [-0.4, -0.2) is 41.9 Å². The average Bonchev–Trinajstić information content (AvgIpc) is 2.87. The van der Waals surface area contributed by atoms with Crippen molar-refractivity contribution in [3.05, 3.63) is 0 Å². The highest BCUT2D eigenvalue weighted by Gasteiger charge is 2.37. The minimum atomic E-state index is -0.388. The Balaban J connectivity index is 1.99. The molecule has 2 rings (SSSR count). The van der Waals surface area contributed by atoms with E-state index in [0.29, 0.717) is 18.9 Å². The van der Waals surface area contributed by atoms with Gasteiger partial charge in [0.25, 0.3) is 0 Å². The van der Waals surface area contributed by atoms with Gasteiger partial charge in [-0.15, -0.1) is 0 Å². The molecule has 2 heterocycles. The number of rotatable bonds is 3. The summed E-state index contributed by atoms with van der Waals surface area (Å²) in [6.45, 7) is 3.73. The molecule has 0 aromatic rings. The molecule has 2 fully saturated rings. The number of likely N-dealkylation sites (tertiary alicyclic amines) is 1. The van der Waals surface area contributed by atoms with Gasteiger partial charge < -0.3 is 16.0 Å². The summed E-state index contributed by atoms with van der Waals surface area (Å²) in [5.74, 6) is 0.313. The van der Waals surface area contributed by atoms with Gasteiger partial charge in [0, 0.05) is 6.54 Å². The van der Waals surface area contributed by atoms with Crippen molar-refractivity contribution in [2.75, 3.05) is 13.1 Å². The molecule has 2 aliphatic rings. The van der Waals surface area contributed by atoms with Crippen LogP contribution >= 0.6 is 0 Å². The number of nitrogens with one attached hydrogen (secondary N) is 1. The van der Waals surface area contributed by atoms with Crippen molar-refractivity contribution in [3.63, 3.8) is 0 Å². The summed E-state index contributed by atoms with van der Waals surface area (Å²) in [6, 6.07) is -0.509. The van der Waals surface area contributed by atoms with Crippen LogP contribution in [0.25, 0.3) is 0 Å². The first-order chi connectivity index (χ1) is 8.63. The number of amides is 2. The van der Waals surface area contributed by atoms with Gasteiger partial charge in [-0.05, 0) is 38.1 Å². The molecule has 5 nitrogen and oxygen atoms in total. The first-order valence-electron chi connectivity index (χ1n) is 6.96. The first kappa shape index (κ1) is 13.3. The summed E-state index contributed by atoms with van der Waals surface area (Å²) in [5.41, 5.74) is 5.36. The lowest BCUT2D eigenvalue weighted by atomic mass is 9.90. The highest BCUT2D eigenvalue weighted by atomic mass is 16.2. The number of nitrogens with zero attached hydrogens (tertiary/aromatic N) is 1. The maximum absolute atomic E-state index is 12.4. The molecule has 0 saturated carbocycles. The van der Waals surface area contributed by atoms with Gasteiger partial charge in [-0.25, -0.2) is 0 Å². The summed E-state index contributed by atoms with van der Waals surface area (Å²) < 4.78 is 0. The molecule has 0 bridgehead atoms. The number of nitrogens with two attached hydrogens (primary N) is 1. The predicted octanol–water partition coefficient (Wildman–Crippen LogP) is 0.241. The summed E-state index contributed by atoms with van der Waals surface area (Å²) in [7, 11) is 0. The molecule has 3 N–H and O–H groups in total. The Hall–Kier alpha value is -1.10. The molecule has 0 radical (unpaired) electrons. The second-order valence-corrected chi connectivity index (χ2v) is 5.40. The fourth-order valence-electron chi connectivity index (χ4n) is 3.08. The van der Waals surface area contributed by atoms with Crippen molar-refractivity contribution in [2.45, 2.75) is 51.1 Å². The third kappa shape index (κ3) is 2.66. The van der Waals surface area contributed by atoms with E-state index in [1.165, 1.54) is 0 Å². The number of hydrogen-bond donors (Lipinski definition) is 2. The van der Waals surface area contributed by atoms with E-state index in [0.717, 1.165) is 32.2 Å². The van der Waals surface area contributed by atoms with Crippen LogP contribution in [0.1, 0.15) is 39.0 Å². The molecule has 0 aliphatic carbocycles. The van der Waals surface area contributed by atoms with Crippen molar-refractivity contribution in [1.29, 1.82) is 0 Å². The van der Waals surface area contributed by atoms with E-state index in [4.69, 9.17) is 5.73 Å². The second-order valence-electron chi connectivity index (χ2n) is 5.40. The van der Waals surface area contributed by atoms with Crippen LogP contribution in [0.4, 0.5) is 0 Å². The van der Waals surface area contributed by atoms with E-state index >= 15 is 0 Å². The van der Waals surface area contributed by atoms with E-state index in [1.54, 1.807) is 4.90 Å². The Morgan fingerprint density at radius 2 is 2.17 bits per heavy atom. The molecule has 0 spiro atoms. The molecule has 0 aromatic heterocycles. The quantitative estimate of drug-likeness (QED) is 0.756. The highest BCUT2D eigenvalue weighted by Crippen LogP contribution is 2.24. The van der Waals surface area contributed by atoms with Gasteiger partial charge in [-0.2, -0.15) is 0 Å². The minimum absolute atomic E-state index is 0.0643. The van der Waals surface area contributed by atoms with Crippen LogP contribution in [0.5, 0.6) is 0 Å². The fourth-order valence-corrected chi connectivity index (χ4v) is 3.08. The Labute approximate surface area is 108 Å². The van der Waals surface area contributed by atoms with Crippen LogP contribution in [0.2, 0.25) is 0 Å². The maximum Gasteiger partial charge on any atom is 0.240 e. The first-order valence-corrected chi connectivity index (χ1v) is 6.96. The lowest BCUT2D eigenvalue weighted by molar-refractivity contribution is -0.139. The molecule has 3 atom stereocenters. The SMILES string of the molecule is CCC1CCNC(C(=O)N2CCCC2C(N)=O)C1. The molecule has 0 aromatic carbocycles. The van der Waals surface area contributed by atoms with Crippen LogP contribution in [0, 0.1) is 5.92 Å². The lowest BCUT2D eigenvalue weighted by Crippen LogP contribution is -2.53. The monoisotopic (exact) mass is 253 g/mol. The molecule has 2 amide bonds. The van der Waals surface area contributed by atoms with Gasteiger partial charge in [-0.3, -0.25) is 9.59 Å². The van der Waals surface area contributed by atoms with Crippen LogP contribution in [-0.2, 0) is 9.59 Å². The van der Waals surface area contributed by atoms with Gasteiger partial charge in [0.05, 0.1) is 6.04 Å². The van der Waals surface area contributed by atoms with Gasteiger partial charge in [-0.1, -0.05) is 13.3 Å². The van der Waals surface area contributed by atoms with E-state index in [-0.39, 0.29) is 23.9 Å². The van der Waals surface area contributed by atoms with Crippen molar-refractivity contribution >= 4 is 11.8 Å². The number of carbonyl (C=O) groups excluding carboxylic acids is 2. The average molecular weight is 253 g/mol. The molecular weight excluding hydrogens is 230 g/mol. The molecule has 2 aliphatic heterocycles. The third-order valence-corrected chi connectivity index (χ3v) is 4.25. The number of primary amides is 1. The van der Waals surface area contributed by atoms with Crippen LogP contribution in [0.15, 0.2) is 0 Å². The summed E-state index contributed by atoms with van der Waals surface area (Å²) in [6.07, 6.45) is 4.73. The number of carbonyl (C=O) groups is 2. The topological polar surface area (TPSA) is 75.4 Å². The normalized spacial score (nSPS) is 32.5. The van der Waals surface area contributed by atoms with E-state index in [9.17, 15) is 9.59 Å². The smallest absolute Gasteiger partial charge is 0.240 e. The van der Waals surface area contributed by atoms with E-state index < -0.39 is 0 Å². The number of piperidine rings is 1. The van der Waals surface area contributed by atoms with Crippen LogP contribution in [0.3, 0.4) is 0 Å². The van der Waals surface area contributed by atoms with Gasteiger partial charge >= 0.3 is 0 Å². The van der Waals surface area contributed by atoms with Crippen molar-refractivity contribution in [2.24, 2.45) is 11.7 Å². The highest BCUT2D eigenvalue weighted by molar-refractivity contribution is 5.89. The summed E-state index contributed by atoms with van der Waals surface area (Å²) in [5, 5.41) is 3.28. The fraction of sp³-hybridized carbons (Fsp3) is 0.846. The largest absolute Gasteiger partial charge is 0.368 e. The number of hydrogen-bond acceptors (Lipinski definition) is 3. The zero-order valence-electron chi connectivity index (χ0n) is 11.0.